The predicted molar refractivity (Wildman–Crippen MR) is 80.5 cm³/mol. The number of anilines is 1. The number of rotatable bonds is 8. The van der Waals surface area contributed by atoms with E-state index in [1.54, 1.807) is 12.1 Å². The van der Waals surface area contributed by atoms with Gasteiger partial charge in [0.25, 0.3) is 0 Å². The monoisotopic (exact) mass is 281 g/mol. The van der Waals surface area contributed by atoms with Crippen molar-refractivity contribution in [1.29, 1.82) is 0 Å². The van der Waals surface area contributed by atoms with E-state index in [0.717, 1.165) is 25.2 Å². The van der Waals surface area contributed by atoms with E-state index >= 15 is 0 Å². The third kappa shape index (κ3) is 4.38. The standard InChI is InChI=1S/C14H23N3O3/c1-5-11(2)16(3)9-8-15-12-6-7-13(17(18)19)14(10-12)20-4/h6-7,10-11,15H,5,8-9H2,1-4H3. The summed E-state index contributed by atoms with van der Waals surface area (Å²) in [6.07, 6.45) is 1.11. The lowest BCUT2D eigenvalue weighted by Gasteiger charge is -2.23. The van der Waals surface area contributed by atoms with Crippen molar-refractivity contribution in [2.24, 2.45) is 0 Å². The Morgan fingerprint density at radius 3 is 2.75 bits per heavy atom. The van der Waals surface area contributed by atoms with Crippen molar-refractivity contribution in [3.05, 3.63) is 28.3 Å². The fourth-order valence-corrected chi connectivity index (χ4v) is 1.85. The fourth-order valence-electron chi connectivity index (χ4n) is 1.85. The molecular formula is C14H23N3O3. The van der Waals surface area contributed by atoms with Crippen LogP contribution in [0.5, 0.6) is 5.75 Å². The van der Waals surface area contributed by atoms with Crippen molar-refractivity contribution in [1.82, 2.24) is 4.90 Å². The zero-order chi connectivity index (χ0) is 15.1. The molecule has 0 aromatic heterocycles. The van der Waals surface area contributed by atoms with Gasteiger partial charge in [-0.25, -0.2) is 0 Å². The normalized spacial score (nSPS) is 12.2. The number of nitrogens with one attached hydrogen (secondary N) is 1. The van der Waals surface area contributed by atoms with Crippen LogP contribution >= 0.6 is 0 Å². The lowest BCUT2D eigenvalue weighted by Crippen LogP contribution is -2.32. The molecule has 6 nitrogen and oxygen atoms in total. The molecule has 0 bridgehead atoms. The topological polar surface area (TPSA) is 67.6 Å². The van der Waals surface area contributed by atoms with Gasteiger partial charge in [-0.1, -0.05) is 6.92 Å². The number of ether oxygens (including phenoxy) is 1. The molecule has 0 amide bonds. The lowest BCUT2D eigenvalue weighted by molar-refractivity contribution is -0.385. The number of hydrogen-bond donors (Lipinski definition) is 1. The van der Waals surface area contributed by atoms with E-state index in [0.29, 0.717) is 6.04 Å². The van der Waals surface area contributed by atoms with Crippen LogP contribution in [-0.4, -0.2) is 43.1 Å². The minimum Gasteiger partial charge on any atom is -0.490 e. The summed E-state index contributed by atoms with van der Waals surface area (Å²) in [5.41, 5.74) is 0.805. The molecule has 0 aliphatic carbocycles. The highest BCUT2D eigenvalue weighted by atomic mass is 16.6. The zero-order valence-electron chi connectivity index (χ0n) is 12.5. The number of nitrogens with zero attached hydrogens (tertiary/aromatic N) is 2. The van der Waals surface area contributed by atoms with E-state index in [9.17, 15) is 10.1 Å². The third-order valence-corrected chi connectivity index (χ3v) is 3.51. The van der Waals surface area contributed by atoms with Crippen LogP contribution in [0, 0.1) is 10.1 Å². The van der Waals surface area contributed by atoms with Crippen molar-refractivity contribution in [2.45, 2.75) is 26.3 Å². The second-order valence-corrected chi connectivity index (χ2v) is 4.81. The van der Waals surface area contributed by atoms with Crippen molar-refractivity contribution >= 4 is 11.4 Å². The molecule has 0 aliphatic heterocycles. The quantitative estimate of drug-likeness (QED) is 0.586. The van der Waals surface area contributed by atoms with Gasteiger partial charge in [-0.05, 0) is 26.5 Å². The smallest absolute Gasteiger partial charge is 0.311 e. The zero-order valence-corrected chi connectivity index (χ0v) is 12.5. The Morgan fingerprint density at radius 2 is 2.20 bits per heavy atom. The largest absolute Gasteiger partial charge is 0.490 e. The van der Waals surface area contributed by atoms with E-state index in [1.807, 2.05) is 0 Å². The molecule has 0 fully saturated rings. The van der Waals surface area contributed by atoms with Gasteiger partial charge in [-0.3, -0.25) is 10.1 Å². The van der Waals surface area contributed by atoms with Crippen LogP contribution < -0.4 is 10.1 Å². The van der Waals surface area contributed by atoms with Crippen molar-refractivity contribution in [2.75, 3.05) is 32.6 Å². The highest BCUT2D eigenvalue weighted by molar-refractivity contribution is 5.57. The molecular weight excluding hydrogens is 258 g/mol. The Morgan fingerprint density at radius 1 is 1.50 bits per heavy atom. The van der Waals surface area contributed by atoms with Crippen LogP contribution in [-0.2, 0) is 0 Å². The number of hydrogen-bond acceptors (Lipinski definition) is 5. The Bertz CT molecular complexity index is 451. The summed E-state index contributed by atoms with van der Waals surface area (Å²) in [7, 11) is 3.52. The number of nitro groups is 1. The summed E-state index contributed by atoms with van der Waals surface area (Å²) < 4.78 is 5.04. The van der Waals surface area contributed by atoms with Crippen LogP contribution in [0.4, 0.5) is 11.4 Å². The van der Waals surface area contributed by atoms with Gasteiger partial charge < -0.3 is 15.0 Å². The van der Waals surface area contributed by atoms with Gasteiger partial charge in [0.15, 0.2) is 5.75 Å². The van der Waals surface area contributed by atoms with Crippen LogP contribution in [0.15, 0.2) is 18.2 Å². The van der Waals surface area contributed by atoms with E-state index < -0.39 is 4.92 Å². The summed E-state index contributed by atoms with van der Waals surface area (Å²) in [4.78, 5) is 12.6. The molecule has 0 aliphatic rings. The van der Waals surface area contributed by atoms with Crippen LogP contribution in [0.25, 0.3) is 0 Å². The number of nitro benzene ring substituents is 1. The summed E-state index contributed by atoms with van der Waals surface area (Å²) in [5.74, 6) is 0.273. The van der Waals surface area contributed by atoms with Crippen LogP contribution in [0.3, 0.4) is 0 Å². The highest BCUT2D eigenvalue weighted by Gasteiger charge is 2.14. The van der Waals surface area contributed by atoms with Gasteiger partial charge in [0.2, 0.25) is 0 Å². The maximum Gasteiger partial charge on any atom is 0.311 e. The predicted octanol–water partition coefficient (Wildman–Crippen LogP) is 2.75. The van der Waals surface area contributed by atoms with Gasteiger partial charge in [-0.15, -0.1) is 0 Å². The summed E-state index contributed by atoms with van der Waals surface area (Å²) in [5, 5.41) is 14.1. The second-order valence-electron chi connectivity index (χ2n) is 4.81. The third-order valence-electron chi connectivity index (χ3n) is 3.51. The maximum absolute atomic E-state index is 10.8. The Labute approximate surface area is 119 Å². The van der Waals surface area contributed by atoms with Crippen molar-refractivity contribution < 1.29 is 9.66 Å². The molecule has 1 aromatic carbocycles. The number of benzene rings is 1. The van der Waals surface area contributed by atoms with E-state index in [-0.39, 0.29) is 11.4 Å². The number of likely N-dealkylation sites (N-methyl/N-ethyl adjacent to an activating group) is 1. The Hall–Kier alpha value is -1.82. The molecule has 1 unspecified atom stereocenters. The molecule has 20 heavy (non-hydrogen) atoms. The van der Waals surface area contributed by atoms with Crippen molar-refractivity contribution in [3.63, 3.8) is 0 Å². The molecule has 0 heterocycles. The second kappa shape index (κ2) is 7.69. The van der Waals surface area contributed by atoms with Crippen molar-refractivity contribution in [3.8, 4) is 5.75 Å². The van der Waals surface area contributed by atoms with E-state index in [1.165, 1.54) is 13.2 Å². The molecule has 1 atom stereocenters. The first-order valence-corrected chi connectivity index (χ1v) is 6.76. The van der Waals surface area contributed by atoms with Gasteiger partial charge in [0.05, 0.1) is 12.0 Å². The number of methoxy groups -OCH3 is 1. The molecule has 0 saturated heterocycles. The molecule has 1 N–H and O–H groups in total. The fraction of sp³-hybridized carbons (Fsp3) is 0.571. The Kier molecular flexibility index (Phi) is 6.24. The SMILES string of the molecule is CCC(C)N(C)CCNc1ccc([N+](=O)[O-])c(OC)c1. The average molecular weight is 281 g/mol. The van der Waals surface area contributed by atoms with Gasteiger partial charge in [-0.2, -0.15) is 0 Å². The molecule has 1 rings (SSSR count). The highest BCUT2D eigenvalue weighted by Crippen LogP contribution is 2.29. The average Bonchev–Trinajstić information content (AvgIpc) is 2.45. The van der Waals surface area contributed by atoms with E-state index in [2.05, 4.69) is 31.1 Å². The van der Waals surface area contributed by atoms with Crippen LogP contribution in [0.1, 0.15) is 20.3 Å². The molecule has 0 spiro atoms. The molecule has 1 aromatic rings. The minimum absolute atomic E-state index is 0.0187. The van der Waals surface area contributed by atoms with Crippen LogP contribution in [0.2, 0.25) is 0 Å². The van der Waals surface area contributed by atoms with E-state index in [4.69, 9.17) is 4.74 Å². The molecule has 0 radical (unpaired) electrons. The molecule has 0 saturated carbocycles. The first-order valence-electron chi connectivity index (χ1n) is 6.76. The molecule has 112 valence electrons. The summed E-state index contributed by atoms with van der Waals surface area (Å²) in [6.45, 7) is 6.04. The Balaban J connectivity index is 2.59. The summed E-state index contributed by atoms with van der Waals surface area (Å²) >= 11 is 0. The summed E-state index contributed by atoms with van der Waals surface area (Å²) in [6, 6.07) is 5.35. The maximum atomic E-state index is 10.8. The first-order chi connectivity index (χ1) is 9.49. The van der Waals surface area contributed by atoms with Gasteiger partial charge in [0, 0.05) is 37.0 Å². The molecule has 6 heteroatoms. The van der Waals surface area contributed by atoms with Gasteiger partial charge >= 0.3 is 5.69 Å². The first kappa shape index (κ1) is 16.2. The lowest BCUT2D eigenvalue weighted by atomic mass is 10.2. The van der Waals surface area contributed by atoms with Gasteiger partial charge in [0.1, 0.15) is 0 Å². The minimum atomic E-state index is -0.445.